The zero-order valence-electron chi connectivity index (χ0n) is 14.5. The van der Waals surface area contributed by atoms with Crippen LogP contribution in [0, 0.1) is 0 Å². The lowest BCUT2D eigenvalue weighted by atomic mass is 9.99. The van der Waals surface area contributed by atoms with E-state index in [-0.39, 0.29) is 17.9 Å². The second kappa shape index (κ2) is 7.38. The minimum Gasteiger partial charge on any atom is -0.491 e. The van der Waals surface area contributed by atoms with Crippen molar-refractivity contribution in [2.45, 2.75) is 39.2 Å². The van der Waals surface area contributed by atoms with E-state index in [0.29, 0.717) is 19.3 Å². The van der Waals surface area contributed by atoms with Crippen LogP contribution in [0.2, 0.25) is 0 Å². The fraction of sp³-hybridized carbons (Fsp3) is 0.300. The highest BCUT2D eigenvalue weighted by atomic mass is 16.5. The molecule has 0 aromatic heterocycles. The zero-order chi connectivity index (χ0) is 17.8. The summed E-state index contributed by atoms with van der Waals surface area (Å²) in [5.74, 6) is 0.755. The average Bonchev–Trinajstić information content (AvgIpc) is 2.56. The van der Waals surface area contributed by atoms with E-state index in [9.17, 15) is 9.59 Å². The summed E-state index contributed by atoms with van der Waals surface area (Å²) in [6.07, 6.45) is 1.63. The summed E-state index contributed by atoms with van der Waals surface area (Å²) in [5, 5.41) is 5.74. The van der Waals surface area contributed by atoms with Gasteiger partial charge >= 0.3 is 0 Å². The van der Waals surface area contributed by atoms with Crippen molar-refractivity contribution in [1.29, 1.82) is 0 Å². The van der Waals surface area contributed by atoms with Crippen molar-refractivity contribution >= 4 is 23.2 Å². The van der Waals surface area contributed by atoms with Crippen LogP contribution >= 0.6 is 0 Å². The number of rotatable bonds is 5. The molecule has 2 aromatic rings. The van der Waals surface area contributed by atoms with Crippen LogP contribution in [0.3, 0.4) is 0 Å². The Bertz CT molecular complexity index is 782. The number of carbonyl (C=O) groups is 2. The summed E-state index contributed by atoms with van der Waals surface area (Å²) in [7, 11) is 0. The first-order valence-corrected chi connectivity index (χ1v) is 8.48. The van der Waals surface area contributed by atoms with Gasteiger partial charge in [0.25, 0.3) is 0 Å². The van der Waals surface area contributed by atoms with Gasteiger partial charge in [-0.1, -0.05) is 12.1 Å². The Labute approximate surface area is 147 Å². The number of nitrogens with one attached hydrogen (secondary N) is 2. The third-order valence-corrected chi connectivity index (χ3v) is 3.94. The molecule has 0 saturated carbocycles. The van der Waals surface area contributed by atoms with Gasteiger partial charge in [0.05, 0.1) is 12.5 Å². The molecule has 3 rings (SSSR count). The summed E-state index contributed by atoms with van der Waals surface area (Å²) < 4.78 is 5.59. The molecule has 5 heteroatoms. The molecule has 0 aliphatic carbocycles. The second-order valence-electron chi connectivity index (χ2n) is 6.46. The molecule has 0 unspecified atom stereocenters. The van der Waals surface area contributed by atoms with Crippen LogP contribution in [0.15, 0.2) is 42.5 Å². The normalized spacial score (nSPS) is 13.2. The smallest absolute Gasteiger partial charge is 0.228 e. The lowest BCUT2D eigenvalue weighted by Gasteiger charge is -2.17. The maximum absolute atomic E-state index is 12.3. The van der Waals surface area contributed by atoms with Crippen molar-refractivity contribution in [3.8, 4) is 5.75 Å². The van der Waals surface area contributed by atoms with E-state index >= 15 is 0 Å². The van der Waals surface area contributed by atoms with Crippen LogP contribution in [-0.2, 0) is 22.4 Å². The predicted molar refractivity (Wildman–Crippen MR) is 97.9 cm³/mol. The molecule has 0 radical (unpaired) electrons. The van der Waals surface area contributed by atoms with Gasteiger partial charge in [0.1, 0.15) is 5.75 Å². The van der Waals surface area contributed by atoms with Gasteiger partial charge in [-0.15, -0.1) is 0 Å². The van der Waals surface area contributed by atoms with Crippen molar-refractivity contribution in [2.24, 2.45) is 0 Å². The minimum atomic E-state index is -0.0719. The highest BCUT2D eigenvalue weighted by Gasteiger charge is 2.15. The van der Waals surface area contributed by atoms with Crippen LogP contribution in [0.25, 0.3) is 0 Å². The number of hydrogen-bond donors (Lipinski definition) is 2. The Kier molecular flexibility index (Phi) is 5.03. The lowest BCUT2D eigenvalue weighted by Crippen LogP contribution is -2.19. The fourth-order valence-corrected chi connectivity index (χ4v) is 2.83. The largest absolute Gasteiger partial charge is 0.491 e. The van der Waals surface area contributed by atoms with Gasteiger partial charge in [-0.05, 0) is 61.7 Å². The fourth-order valence-electron chi connectivity index (χ4n) is 2.83. The van der Waals surface area contributed by atoms with Crippen LogP contribution in [-0.4, -0.2) is 17.9 Å². The standard InChI is InChI=1S/C20H22N2O3/c1-13(2)25-17-7-5-16(6-8-17)21-20(24)12-14-3-9-18-15(11-14)4-10-19(23)22-18/h3,5-9,11,13H,4,10,12H2,1-2H3,(H,21,24)(H,22,23). The molecule has 130 valence electrons. The topological polar surface area (TPSA) is 67.4 Å². The molecule has 0 saturated heterocycles. The summed E-state index contributed by atoms with van der Waals surface area (Å²) in [6, 6.07) is 13.1. The van der Waals surface area contributed by atoms with E-state index in [2.05, 4.69) is 10.6 Å². The SMILES string of the molecule is CC(C)Oc1ccc(NC(=O)Cc2ccc3c(c2)CCC(=O)N3)cc1. The maximum atomic E-state index is 12.3. The summed E-state index contributed by atoms with van der Waals surface area (Å²) >= 11 is 0. The van der Waals surface area contributed by atoms with Gasteiger partial charge in [0.2, 0.25) is 11.8 Å². The monoisotopic (exact) mass is 338 g/mol. The molecule has 1 heterocycles. The Morgan fingerprint density at radius 1 is 1.16 bits per heavy atom. The molecule has 0 bridgehead atoms. The third-order valence-electron chi connectivity index (χ3n) is 3.94. The van der Waals surface area contributed by atoms with E-state index in [1.807, 2.05) is 56.3 Å². The highest BCUT2D eigenvalue weighted by Crippen LogP contribution is 2.24. The van der Waals surface area contributed by atoms with Crippen LogP contribution in [0.1, 0.15) is 31.4 Å². The number of benzene rings is 2. The summed E-state index contributed by atoms with van der Waals surface area (Å²) in [4.78, 5) is 23.6. The summed E-state index contributed by atoms with van der Waals surface area (Å²) in [6.45, 7) is 3.94. The number of carbonyl (C=O) groups excluding carboxylic acids is 2. The molecule has 2 amide bonds. The first-order valence-electron chi connectivity index (χ1n) is 8.48. The van der Waals surface area contributed by atoms with E-state index in [1.54, 1.807) is 0 Å². The number of ether oxygens (including phenoxy) is 1. The van der Waals surface area contributed by atoms with Crippen molar-refractivity contribution in [3.05, 3.63) is 53.6 Å². The molecule has 2 N–H and O–H groups in total. The molecule has 1 aliphatic rings. The minimum absolute atomic E-state index is 0.0443. The molecule has 1 aliphatic heterocycles. The van der Waals surface area contributed by atoms with Crippen molar-refractivity contribution in [3.63, 3.8) is 0 Å². The Hall–Kier alpha value is -2.82. The van der Waals surface area contributed by atoms with Crippen LogP contribution in [0.5, 0.6) is 5.75 Å². The number of fused-ring (bicyclic) bond motifs is 1. The van der Waals surface area contributed by atoms with Crippen molar-refractivity contribution < 1.29 is 14.3 Å². The number of anilines is 2. The van der Waals surface area contributed by atoms with E-state index in [1.165, 1.54) is 0 Å². The summed E-state index contributed by atoms with van der Waals surface area (Å²) in [5.41, 5.74) is 3.61. The molecule has 2 aromatic carbocycles. The van der Waals surface area contributed by atoms with E-state index < -0.39 is 0 Å². The Morgan fingerprint density at radius 2 is 1.92 bits per heavy atom. The first kappa shape index (κ1) is 17.0. The number of hydrogen-bond acceptors (Lipinski definition) is 3. The van der Waals surface area contributed by atoms with E-state index in [4.69, 9.17) is 4.74 Å². The zero-order valence-corrected chi connectivity index (χ0v) is 14.5. The number of amides is 2. The molecule has 0 fully saturated rings. The van der Waals surface area contributed by atoms with Gasteiger partial charge in [-0.25, -0.2) is 0 Å². The van der Waals surface area contributed by atoms with Gasteiger partial charge in [-0.3, -0.25) is 9.59 Å². The quantitative estimate of drug-likeness (QED) is 0.876. The van der Waals surface area contributed by atoms with E-state index in [0.717, 1.165) is 28.3 Å². The van der Waals surface area contributed by atoms with Gasteiger partial charge in [0, 0.05) is 17.8 Å². The predicted octanol–water partition coefficient (Wildman–Crippen LogP) is 3.54. The second-order valence-corrected chi connectivity index (χ2v) is 6.46. The maximum Gasteiger partial charge on any atom is 0.228 e. The molecule has 25 heavy (non-hydrogen) atoms. The number of aryl methyl sites for hydroxylation is 1. The highest BCUT2D eigenvalue weighted by molar-refractivity contribution is 5.95. The Balaban J connectivity index is 1.60. The van der Waals surface area contributed by atoms with Crippen molar-refractivity contribution in [2.75, 3.05) is 10.6 Å². The molecular formula is C20H22N2O3. The molecule has 0 atom stereocenters. The Morgan fingerprint density at radius 3 is 2.64 bits per heavy atom. The van der Waals surface area contributed by atoms with Gasteiger partial charge in [0.15, 0.2) is 0 Å². The average molecular weight is 338 g/mol. The van der Waals surface area contributed by atoms with Crippen LogP contribution < -0.4 is 15.4 Å². The molecule has 5 nitrogen and oxygen atoms in total. The van der Waals surface area contributed by atoms with Crippen LogP contribution in [0.4, 0.5) is 11.4 Å². The first-order chi connectivity index (χ1) is 12.0. The van der Waals surface area contributed by atoms with Crippen molar-refractivity contribution in [1.82, 2.24) is 0 Å². The third kappa shape index (κ3) is 4.59. The van der Waals surface area contributed by atoms with Gasteiger partial charge < -0.3 is 15.4 Å². The lowest BCUT2D eigenvalue weighted by molar-refractivity contribution is -0.117. The molecule has 0 spiro atoms. The molecular weight excluding hydrogens is 316 g/mol. The van der Waals surface area contributed by atoms with Gasteiger partial charge in [-0.2, -0.15) is 0 Å².